The van der Waals surface area contributed by atoms with Crippen LogP contribution in [0.15, 0.2) is 94.9 Å². The topological polar surface area (TPSA) is 107 Å². The standard InChI is InChI=1S/C30H26N6O2.2ClH/c37-29(35-25-5-1-3-21(17-25)27-31-11-12-32-27)23-9-7-20-16-24(10-8-19(20)15-23)30(38)36-26-6-2-4-22(18-26)28-33-13-14-34-28;;/h1-10,15-18H,11-14H2,(H,31,32)(H,33,34)(H,35,37)(H,36,38);2*1H. The molecule has 0 atom stereocenters. The van der Waals surface area contributed by atoms with E-state index in [0.717, 1.165) is 59.7 Å². The van der Waals surface area contributed by atoms with E-state index >= 15 is 0 Å². The monoisotopic (exact) mass is 574 g/mol. The fourth-order valence-electron chi connectivity index (χ4n) is 4.61. The molecule has 0 radical (unpaired) electrons. The number of rotatable bonds is 6. The van der Waals surface area contributed by atoms with E-state index in [9.17, 15) is 9.59 Å². The molecular weight excluding hydrogens is 547 g/mol. The van der Waals surface area contributed by atoms with Gasteiger partial charge in [0.15, 0.2) is 0 Å². The van der Waals surface area contributed by atoms with Gasteiger partial charge in [0.05, 0.1) is 13.1 Å². The summed E-state index contributed by atoms with van der Waals surface area (Å²) in [6, 6.07) is 26.2. The lowest BCUT2D eigenvalue weighted by atomic mass is 10.0. The molecule has 40 heavy (non-hydrogen) atoms. The van der Waals surface area contributed by atoms with Crippen molar-refractivity contribution in [2.45, 2.75) is 0 Å². The predicted molar refractivity (Wildman–Crippen MR) is 166 cm³/mol. The van der Waals surface area contributed by atoms with E-state index in [1.165, 1.54) is 0 Å². The Kier molecular flexibility index (Phi) is 9.04. The molecule has 0 fully saturated rings. The number of amides is 2. The SMILES string of the molecule is Cl.Cl.O=C(Nc1cccc(C2=NCCN2)c1)c1ccc2cc(C(=O)Nc3cccc(C4=NCCN4)c3)ccc2c1. The van der Waals surface area contributed by atoms with Gasteiger partial charge in [0.2, 0.25) is 0 Å². The summed E-state index contributed by atoms with van der Waals surface area (Å²) in [6.45, 7) is 3.17. The molecule has 0 spiro atoms. The Bertz CT molecular complexity index is 1520. The maximum absolute atomic E-state index is 13.0. The van der Waals surface area contributed by atoms with Crippen LogP contribution >= 0.6 is 24.8 Å². The van der Waals surface area contributed by atoms with Crippen LogP contribution in [-0.2, 0) is 0 Å². The van der Waals surface area contributed by atoms with E-state index < -0.39 is 0 Å². The second kappa shape index (κ2) is 12.6. The zero-order valence-electron chi connectivity index (χ0n) is 21.4. The minimum absolute atomic E-state index is 0. The number of aliphatic imine (C=N–C) groups is 2. The molecule has 10 heteroatoms. The summed E-state index contributed by atoms with van der Waals surface area (Å²) in [5.74, 6) is 1.29. The Labute approximate surface area is 244 Å². The average molecular weight is 576 g/mol. The molecule has 2 heterocycles. The molecule has 2 amide bonds. The van der Waals surface area contributed by atoms with E-state index in [4.69, 9.17) is 0 Å². The summed E-state index contributed by atoms with van der Waals surface area (Å²) in [4.78, 5) is 34.8. The van der Waals surface area contributed by atoms with Crippen molar-refractivity contribution in [1.29, 1.82) is 0 Å². The lowest BCUT2D eigenvalue weighted by molar-refractivity contribution is 0.101. The van der Waals surface area contributed by atoms with Crippen molar-refractivity contribution in [2.24, 2.45) is 9.98 Å². The molecule has 4 aromatic carbocycles. The van der Waals surface area contributed by atoms with Gasteiger partial charge in [0.1, 0.15) is 11.7 Å². The van der Waals surface area contributed by atoms with Gasteiger partial charge in [-0.3, -0.25) is 19.6 Å². The van der Waals surface area contributed by atoms with Gasteiger partial charge in [-0.2, -0.15) is 0 Å². The Morgan fingerprint density at radius 2 is 1.05 bits per heavy atom. The Morgan fingerprint density at radius 3 is 1.45 bits per heavy atom. The van der Waals surface area contributed by atoms with Crippen molar-refractivity contribution < 1.29 is 9.59 Å². The lowest BCUT2D eigenvalue weighted by Crippen LogP contribution is -2.20. The van der Waals surface area contributed by atoms with Crippen LogP contribution in [0.4, 0.5) is 11.4 Å². The molecule has 4 aromatic rings. The molecule has 0 saturated carbocycles. The van der Waals surface area contributed by atoms with Crippen LogP contribution in [0.5, 0.6) is 0 Å². The van der Waals surface area contributed by atoms with E-state index in [0.29, 0.717) is 22.5 Å². The molecule has 0 aromatic heterocycles. The second-order valence-corrected chi connectivity index (χ2v) is 9.16. The fourth-order valence-corrected chi connectivity index (χ4v) is 4.61. The number of hydrogen-bond acceptors (Lipinski definition) is 6. The highest BCUT2D eigenvalue weighted by Gasteiger charge is 2.13. The Morgan fingerprint density at radius 1 is 0.600 bits per heavy atom. The van der Waals surface area contributed by atoms with Crippen LogP contribution < -0.4 is 21.3 Å². The maximum Gasteiger partial charge on any atom is 0.255 e. The third-order valence-corrected chi connectivity index (χ3v) is 6.50. The van der Waals surface area contributed by atoms with Crippen LogP contribution in [0.3, 0.4) is 0 Å². The first-order valence-electron chi connectivity index (χ1n) is 12.6. The first kappa shape index (κ1) is 28.6. The summed E-state index contributed by atoms with van der Waals surface area (Å²) in [5.41, 5.74) is 4.38. The highest BCUT2D eigenvalue weighted by molar-refractivity contribution is 6.10. The Hall–Kier alpha value is -4.40. The van der Waals surface area contributed by atoms with Crippen LogP contribution in [-0.4, -0.2) is 49.7 Å². The molecule has 4 N–H and O–H groups in total. The summed E-state index contributed by atoms with van der Waals surface area (Å²) in [7, 11) is 0. The second-order valence-electron chi connectivity index (χ2n) is 9.16. The van der Waals surface area contributed by atoms with Gasteiger partial charge in [0, 0.05) is 46.7 Å². The molecular formula is C30H28Cl2N6O2. The van der Waals surface area contributed by atoms with Crippen LogP contribution in [0.25, 0.3) is 10.8 Å². The average Bonchev–Trinajstić information content (AvgIpc) is 3.68. The molecule has 6 rings (SSSR count). The summed E-state index contributed by atoms with van der Waals surface area (Å²) >= 11 is 0. The number of amidine groups is 2. The summed E-state index contributed by atoms with van der Waals surface area (Å²) < 4.78 is 0. The minimum Gasteiger partial charge on any atom is -0.368 e. The Balaban J connectivity index is 0.00000185. The zero-order chi connectivity index (χ0) is 25.9. The van der Waals surface area contributed by atoms with E-state index in [-0.39, 0.29) is 36.6 Å². The van der Waals surface area contributed by atoms with Gasteiger partial charge in [-0.1, -0.05) is 36.4 Å². The first-order chi connectivity index (χ1) is 18.6. The van der Waals surface area contributed by atoms with Gasteiger partial charge in [-0.25, -0.2) is 0 Å². The van der Waals surface area contributed by atoms with Crippen molar-refractivity contribution in [3.63, 3.8) is 0 Å². The molecule has 0 aliphatic carbocycles. The fraction of sp³-hybridized carbons (Fsp3) is 0.133. The number of nitrogens with zero attached hydrogens (tertiary/aromatic N) is 2. The van der Waals surface area contributed by atoms with Crippen molar-refractivity contribution in [1.82, 2.24) is 10.6 Å². The molecule has 2 aliphatic rings. The number of fused-ring (bicyclic) bond motifs is 1. The summed E-state index contributed by atoms with van der Waals surface area (Å²) in [5, 5.41) is 14.2. The number of carbonyl (C=O) groups excluding carboxylic acids is 2. The van der Waals surface area contributed by atoms with Crippen molar-refractivity contribution in [2.75, 3.05) is 36.8 Å². The van der Waals surface area contributed by atoms with Gasteiger partial charge in [-0.05, 0) is 59.3 Å². The molecule has 0 bridgehead atoms. The largest absolute Gasteiger partial charge is 0.368 e. The highest BCUT2D eigenvalue weighted by atomic mass is 35.5. The number of hydrogen-bond donors (Lipinski definition) is 4. The van der Waals surface area contributed by atoms with Gasteiger partial charge in [0.25, 0.3) is 11.8 Å². The van der Waals surface area contributed by atoms with Crippen LogP contribution in [0, 0.1) is 0 Å². The first-order valence-corrected chi connectivity index (χ1v) is 12.6. The normalized spacial score (nSPS) is 13.6. The number of halogens is 2. The van der Waals surface area contributed by atoms with Gasteiger partial charge in [-0.15, -0.1) is 24.8 Å². The van der Waals surface area contributed by atoms with Crippen LogP contribution in [0.2, 0.25) is 0 Å². The number of benzene rings is 4. The maximum atomic E-state index is 13.0. The van der Waals surface area contributed by atoms with Crippen LogP contribution in [0.1, 0.15) is 31.8 Å². The predicted octanol–water partition coefficient (Wildman–Crippen LogP) is 4.89. The van der Waals surface area contributed by atoms with E-state index in [1.807, 2.05) is 72.8 Å². The lowest BCUT2D eigenvalue weighted by Gasteiger charge is -2.10. The summed E-state index contributed by atoms with van der Waals surface area (Å²) in [6.07, 6.45) is 0. The van der Waals surface area contributed by atoms with Gasteiger partial charge < -0.3 is 21.3 Å². The number of carbonyl (C=O) groups is 2. The molecule has 0 unspecified atom stereocenters. The van der Waals surface area contributed by atoms with Crippen molar-refractivity contribution >= 4 is 70.4 Å². The highest BCUT2D eigenvalue weighted by Crippen LogP contribution is 2.21. The third-order valence-electron chi connectivity index (χ3n) is 6.50. The van der Waals surface area contributed by atoms with E-state index in [2.05, 4.69) is 31.3 Å². The van der Waals surface area contributed by atoms with Crippen molar-refractivity contribution in [3.8, 4) is 0 Å². The number of anilines is 2. The van der Waals surface area contributed by atoms with Gasteiger partial charge >= 0.3 is 0 Å². The zero-order valence-corrected chi connectivity index (χ0v) is 23.1. The van der Waals surface area contributed by atoms with Crippen molar-refractivity contribution in [3.05, 3.63) is 107 Å². The number of nitrogens with one attached hydrogen (secondary N) is 4. The molecule has 204 valence electrons. The molecule has 8 nitrogen and oxygen atoms in total. The third kappa shape index (κ3) is 6.25. The molecule has 2 aliphatic heterocycles. The quantitative estimate of drug-likeness (QED) is 0.263. The smallest absolute Gasteiger partial charge is 0.255 e. The minimum atomic E-state index is -0.201. The molecule has 0 saturated heterocycles. The van der Waals surface area contributed by atoms with E-state index in [1.54, 1.807) is 12.1 Å².